The molecule has 19 heavy (non-hydrogen) atoms. The molecule has 2 rings (SSSR count). The molecule has 1 aromatic carbocycles. The summed E-state index contributed by atoms with van der Waals surface area (Å²) in [6.45, 7) is 0. The van der Waals surface area contributed by atoms with Crippen LogP contribution in [0.3, 0.4) is 0 Å². The maximum atomic E-state index is 11.7. The van der Waals surface area contributed by atoms with Crippen molar-refractivity contribution in [2.24, 2.45) is 0 Å². The monoisotopic (exact) mass is 280 g/mol. The van der Waals surface area contributed by atoms with E-state index < -0.39 is 12.3 Å². The van der Waals surface area contributed by atoms with Crippen molar-refractivity contribution < 1.29 is 14.6 Å². The minimum atomic E-state index is -1.10. The number of aromatic nitrogens is 2. The molecule has 1 atom stereocenters. The smallest absolute Gasteiger partial charge is 0.325 e. The molecule has 2 amide bonds. The first kappa shape index (κ1) is 13.4. The molecule has 0 spiro atoms. The molecule has 100 valence electrons. The molecule has 0 aliphatic carbocycles. The lowest BCUT2D eigenvalue weighted by atomic mass is 10.1. The van der Waals surface area contributed by atoms with Crippen LogP contribution in [0.2, 0.25) is 0 Å². The van der Waals surface area contributed by atoms with Crippen LogP contribution in [0.25, 0.3) is 0 Å². The van der Waals surface area contributed by atoms with E-state index in [4.69, 9.17) is 4.74 Å². The molecule has 8 heteroatoms. The number of methoxy groups -OCH3 is 1. The summed E-state index contributed by atoms with van der Waals surface area (Å²) in [5.74, 6) is 0. The van der Waals surface area contributed by atoms with Gasteiger partial charge in [-0.15, -0.1) is 10.2 Å². The van der Waals surface area contributed by atoms with E-state index >= 15 is 0 Å². The number of aliphatic hydroxyl groups is 1. The molecule has 7 nitrogen and oxygen atoms in total. The molecule has 0 aliphatic rings. The Bertz CT molecular complexity index is 547. The maximum Gasteiger partial charge on any atom is 0.325 e. The van der Waals surface area contributed by atoms with Crippen LogP contribution in [0.15, 0.2) is 29.8 Å². The number of benzene rings is 1. The topological polar surface area (TPSA) is 96.4 Å². The highest BCUT2D eigenvalue weighted by atomic mass is 32.1. The Hall–Kier alpha value is -2.03. The number of hydrogen-bond donors (Lipinski definition) is 3. The van der Waals surface area contributed by atoms with Crippen LogP contribution in [0.1, 0.15) is 11.9 Å². The third-order valence-electron chi connectivity index (χ3n) is 2.28. The highest BCUT2D eigenvalue weighted by molar-refractivity contribution is 7.13. The van der Waals surface area contributed by atoms with Gasteiger partial charge in [0.15, 0.2) is 6.29 Å². The third kappa shape index (κ3) is 3.47. The van der Waals surface area contributed by atoms with Gasteiger partial charge in [-0.25, -0.2) is 4.79 Å². The summed E-state index contributed by atoms with van der Waals surface area (Å²) < 4.78 is 4.83. The van der Waals surface area contributed by atoms with Crippen molar-refractivity contribution in [3.05, 3.63) is 35.3 Å². The quantitative estimate of drug-likeness (QED) is 0.742. The highest BCUT2D eigenvalue weighted by Gasteiger charge is 2.13. The number of anilines is 2. The molecule has 0 fully saturated rings. The van der Waals surface area contributed by atoms with Gasteiger partial charge in [0.2, 0.25) is 5.13 Å². The third-order valence-corrected chi connectivity index (χ3v) is 2.89. The average molecular weight is 280 g/mol. The predicted molar refractivity (Wildman–Crippen MR) is 71.0 cm³/mol. The second kappa shape index (κ2) is 6.23. The molecule has 0 aliphatic heterocycles. The maximum absolute atomic E-state index is 11.7. The summed E-state index contributed by atoms with van der Waals surface area (Å²) in [6, 6.07) is 6.34. The molecule has 1 unspecified atom stereocenters. The number of carbonyl (C=O) groups excluding carboxylic acids is 1. The van der Waals surface area contributed by atoms with Gasteiger partial charge >= 0.3 is 6.03 Å². The van der Waals surface area contributed by atoms with Gasteiger partial charge in [-0.2, -0.15) is 0 Å². The number of nitrogens with one attached hydrogen (secondary N) is 2. The fourth-order valence-electron chi connectivity index (χ4n) is 1.43. The predicted octanol–water partition coefficient (Wildman–Crippen LogP) is 1.82. The molecular weight excluding hydrogens is 268 g/mol. The van der Waals surface area contributed by atoms with Gasteiger partial charge in [0.25, 0.3) is 0 Å². The van der Waals surface area contributed by atoms with Crippen molar-refractivity contribution in [1.82, 2.24) is 10.2 Å². The van der Waals surface area contributed by atoms with E-state index in [0.29, 0.717) is 16.4 Å². The van der Waals surface area contributed by atoms with Crippen LogP contribution >= 0.6 is 11.3 Å². The van der Waals surface area contributed by atoms with Gasteiger partial charge in [-0.1, -0.05) is 29.5 Å². The van der Waals surface area contributed by atoms with Crippen LogP contribution in [0.5, 0.6) is 0 Å². The first-order valence-electron chi connectivity index (χ1n) is 5.34. The fourth-order valence-corrected chi connectivity index (χ4v) is 1.87. The van der Waals surface area contributed by atoms with Crippen molar-refractivity contribution in [3.63, 3.8) is 0 Å². The van der Waals surface area contributed by atoms with E-state index in [9.17, 15) is 9.90 Å². The van der Waals surface area contributed by atoms with Gasteiger partial charge in [-0.3, -0.25) is 5.32 Å². The van der Waals surface area contributed by atoms with E-state index in [1.807, 2.05) is 0 Å². The van der Waals surface area contributed by atoms with Gasteiger partial charge in [0.05, 0.1) is 5.69 Å². The molecule has 1 heterocycles. The van der Waals surface area contributed by atoms with Crippen LogP contribution in [-0.4, -0.2) is 28.4 Å². The minimum absolute atomic E-state index is 0.391. The Morgan fingerprint density at radius 1 is 1.42 bits per heavy atom. The summed E-state index contributed by atoms with van der Waals surface area (Å²) in [5, 5.41) is 22.5. The van der Waals surface area contributed by atoms with E-state index in [0.717, 1.165) is 0 Å². The molecule has 0 radical (unpaired) electrons. The molecule has 1 aromatic heterocycles. The zero-order valence-corrected chi connectivity index (χ0v) is 10.8. The van der Waals surface area contributed by atoms with Crippen molar-refractivity contribution >= 4 is 28.2 Å². The second-order valence-electron chi connectivity index (χ2n) is 3.50. The number of carbonyl (C=O) groups is 1. The molecule has 0 saturated carbocycles. The Morgan fingerprint density at radius 3 is 2.89 bits per heavy atom. The van der Waals surface area contributed by atoms with Gasteiger partial charge in [0.1, 0.15) is 5.51 Å². The van der Waals surface area contributed by atoms with Crippen LogP contribution < -0.4 is 10.6 Å². The van der Waals surface area contributed by atoms with Gasteiger partial charge in [0, 0.05) is 12.7 Å². The minimum Gasteiger partial charge on any atom is -0.364 e. The number of rotatable bonds is 4. The first-order valence-corrected chi connectivity index (χ1v) is 6.22. The Morgan fingerprint density at radius 2 is 2.21 bits per heavy atom. The Balaban J connectivity index is 2.08. The van der Waals surface area contributed by atoms with Crippen LogP contribution in [-0.2, 0) is 4.74 Å². The zero-order valence-electron chi connectivity index (χ0n) is 10.0. The van der Waals surface area contributed by atoms with Gasteiger partial charge in [-0.05, 0) is 6.07 Å². The van der Waals surface area contributed by atoms with E-state index in [-0.39, 0.29) is 0 Å². The van der Waals surface area contributed by atoms with Gasteiger partial charge < -0.3 is 15.2 Å². The van der Waals surface area contributed by atoms with E-state index in [1.54, 1.807) is 24.3 Å². The van der Waals surface area contributed by atoms with Crippen molar-refractivity contribution in [2.45, 2.75) is 6.29 Å². The largest absolute Gasteiger partial charge is 0.364 e. The summed E-state index contributed by atoms with van der Waals surface area (Å²) in [6.07, 6.45) is -1.10. The standard InChI is InChI=1S/C11H12N4O3S/c1-18-9(16)7-4-2-3-5-8(7)13-10(17)14-11-15-12-6-19-11/h2-6,9,16H,1H3,(H2,13,14,15,17). The summed E-state index contributed by atoms with van der Waals surface area (Å²) in [4.78, 5) is 11.7. The Labute approximate surface area is 113 Å². The number of aliphatic hydroxyl groups excluding tert-OH is 1. The number of amides is 2. The lowest BCUT2D eigenvalue weighted by molar-refractivity contribution is -0.0764. The lowest BCUT2D eigenvalue weighted by Crippen LogP contribution is -2.20. The Kier molecular flexibility index (Phi) is 4.39. The summed E-state index contributed by atoms with van der Waals surface area (Å²) in [7, 11) is 1.38. The number of para-hydroxylation sites is 1. The SMILES string of the molecule is COC(O)c1ccccc1NC(=O)Nc1nncs1. The average Bonchev–Trinajstić information content (AvgIpc) is 2.91. The lowest BCUT2D eigenvalue weighted by Gasteiger charge is -2.14. The zero-order chi connectivity index (χ0) is 13.7. The van der Waals surface area contributed by atoms with Crippen LogP contribution in [0.4, 0.5) is 15.6 Å². The fraction of sp³-hybridized carbons (Fsp3) is 0.182. The number of nitrogens with zero attached hydrogens (tertiary/aromatic N) is 2. The summed E-state index contributed by atoms with van der Waals surface area (Å²) in [5.41, 5.74) is 2.44. The molecule has 2 aromatic rings. The van der Waals surface area contributed by atoms with Crippen molar-refractivity contribution in [3.8, 4) is 0 Å². The molecule has 0 saturated heterocycles. The molecule has 0 bridgehead atoms. The number of urea groups is 1. The molecular formula is C11H12N4O3S. The number of hydrogen-bond acceptors (Lipinski definition) is 6. The molecule has 3 N–H and O–H groups in total. The highest BCUT2D eigenvalue weighted by Crippen LogP contribution is 2.23. The van der Waals surface area contributed by atoms with E-state index in [2.05, 4.69) is 20.8 Å². The first-order chi connectivity index (χ1) is 9.20. The van der Waals surface area contributed by atoms with Crippen molar-refractivity contribution in [2.75, 3.05) is 17.7 Å². The second-order valence-corrected chi connectivity index (χ2v) is 4.33. The normalized spacial score (nSPS) is 11.9. The number of ether oxygens (including phenoxy) is 1. The van der Waals surface area contributed by atoms with E-state index in [1.165, 1.54) is 24.0 Å². The summed E-state index contributed by atoms with van der Waals surface area (Å²) >= 11 is 1.21. The van der Waals surface area contributed by atoms with Crippen molar-refractivity contribution in [1.29, 1.82) is 0 Å². The van der Waals surface area contributed by atoms with Crippen LogP contribution in [0, 0.1) is 0 Å².